The summed E-state index contributed by atoms with van der Waals surface area (Å²) in [5.41, 5.74) is 3.22. The number of nitrogens with zero attached hydrogens (tertiary/aromatic N) is 2. The van der Waals surface area contributed by atoms with E-state index in [1.165, 1.54) is 5.56 Å². The molecule has 1 heterocycles. The van der Waals surface area contributed by atoms with Crippen LogP contribution in [0.4, 0.5) is 5.82 Å². The predicted octanol–water partition coefficient (Wildman–Crippen LogP) is 2.79. The first-order valence-electron chi connectivity index (χ1n) is 5.55. The summed E-state index contributed by atoms with van der Waals surface area (Å²) in [7, 11) is 0. The lowest BCUT2D eigenvalue weighted by Gasteiger charge is -2.04. The van der Waals surface area contributed by atoms with Gasteiger partial charge in [0.15, 0.2) is 0 Å². The maximum absolute atomic E-state index is 4.19. The molecule has 17 heavy (non-hydrogen) atoms. The predicted molar refractivity (Wildman–Crippen MR) is 74.5 cm³/mol. The highest BCUT2D eigenvalue weighted by molar-refractivity contribution is 7.80. The number of rotatable bonds is 4. The number of hydrogen-bond acceptors (Lipinski definition) is 4. The fourth-order valence-corrected chi connectivity index (χ4v) is 1.60. The first-order chi connectivity index (χ1) is 8.29. The smallest absolute Gasteiger partial charge is 0.148 e. The minimum absolute atomic E-state index is 0.779. The number of anilines is 1. The molecule has 0 saturated carbocycles. The number of nitrogens with one attached hydrogen (secondary N) is 1. The van der Waals surface area contributed by atoms with E-state index in [1.54, 1.807) is 0 Å². The Balaban J connectivity index is 2.14. The summed E-state index contributed by atoms with van der Waals surface area (Å²) in [6.07, 6.45) is 0. The molecule has 2 aromatic rings. The maximum atomic E-state index is 4.19. The lowest BCUT2D eigenvalue weighted by atomic mass is 10.1. The van der Waals surface area contributed by atoms with E-state index in [9.17, 15) is 0 Å². The van der Waals surface area contributed by atoms with Gasteiger partial charge in [0.2, 0.25) is 0 Å². The Labute approximate surface area is 107 Å². The van der Waals surface area contributed by atoms with Gasteiger partial charge in [-0.25, -0.2) is 0 Å². The fourth-order valence-electron chi connectivity index (χ4n) is 1.49. The number of thiol groups is 1. The molecule has 0 radical (unpaired) electrons. The van der Waals surface area contributed by atoms with Crippen molar-refractivity contribution in [2.45, 2.75) is 6.92 Å². The first kappa shape index (κ1) is 11.9. The van der Waals surface area contributed by atoms with Gasteiger partial charge in [-0.2, -0.15) is 12.6 Å². The quantitative estimate of drug-likeness (QED) is 0.813. The van der Waals surface area contributed by atoms with Gasteiger partial charge in [0.1, 0.15) is 5.82 Å². The molecule has 1 aromatic heterocycles. The number of hydrogen-bond donors (Lipinski definition) is 2. The molecular formula is C13H15N3S. The van der Waals surface area contributed by atoms with Crippen LogP contribution in [0.3, 0.4) is 0 Å². The Morgan fingerprint density at radius 3 is 2.41 bits per heavy atom. The lowest BCUT2D eigenvalue weighted by Crippen LogP contribution is -2.05. The second kappa shape index (κ2) is 5.68. The molecule has 88 valence electrons. The van der Waals surface area contributed by atoms with Crippen LogP contribution >= 0.6 is 12.6 Å². The van der Waals surface area contributed by atoms with E-state index in [0.29, 0.717) is 0 Å². The largest absolute Gasteiger partial charge is 0.368 e. The van der Waals surface area contributed by atoms with Crippen molar-refractivity contribution in [3.8, 4) is 11.3 Å². The molecule has 3 nitrogen and oxygen atoms in total. The summed E-state index contributed by atoms with van der Waals surface area (Å²) in [4.78, 5) is 0. The van der Waals surface area contributed by atoms with Crippen molar-refractivity contribution < 1.29 is 0 Å². The van der Waals surface area contributed by atoms with Crippen molar-refractivity contribution >= 4 is 18.4 Å². The Hall–Kier alpha value is -1.55. The second-order valence-corrected chi connectivity index (χ2v) is 4.27. The van der Waals surface area contributed by atoms with Crippen LogP contribution in [0.1, 0.15) is 5.56 Å². The Morgan fingerprint density at radius 2 is 1.82 bits per heavy atom. The molecule has 0 bridgehead atoms. The zero-order valence-electron chi connectivity index (χ0n) is 9.72. The molecular weight excluding hydrogens is 230 g/mol. The monoisotopic (exact) mass is 245 g/mol. The summed E-state index contributed by atoms with van der Waals surface area (Å²) >= 11 is 4.13. The molecule has 1 N–H and O–H groups in total. The third kappa shape index (κ3) is 3.20. The van der Waals surface area contributed by atoms with E-state index in [4.69, 9.17) is 0 Å². The SMILES string of the molecule is Cc1ccc(-c2ccc(NCCS)nn2)cc1. The molecule has 0 aliphatic heterocycles. The van der Waals surface area contributed by atoms with Crippen molar-refractivity contribution in [1.82, 2.24) is 10.2 Å². The molecule has 4 heteroatoms. The van der Waals surface area contributed by atoms with E-state index in [0.717, 1.165) is 29.4 Å². The normalized spacial score (nSPS) is 10.2. The van der Waals surface area contributed by atoms with Crippen LogP contribution in [-0.2, 0) is 0 Å². The topological polar surface area (TPSA) is 37.8 Å². The van der Waals surface area contributed by atoms with E-state index >= 15 is 0 Å². The summed E-state index contributed by atoms with van der Waals surface area (Å²) < 4.78 is 0. The molecule has 2 rings (SSSR count). The van der Waals surface area contributed by atoms with Crippen LogP contribution in [0, 0.1) is 6.92 Å². The number of benzene rings is 1. The highest BCUT2D eigenvalue weighted by Gasteiger charge is 2.00. The lowest BCUT2D eigenvalue weighted by molar-refractivity contribution is 1.02. The fraction of sp³-hybridized carbons (Fsp3) is 0.231. The highest BCUT2D eigenvalue weighted by atomic mass is 32.1. The molecule has 0 atom stereocenters. The molecule has 0 fully saturated rings. The van der Waals surface area contributed by atoms with E-state index < -0.39 is 0 Å². The van der Waals surface area contributed by atoms with E-state index in [-0.39, 0.29) is 0 Å². The first-order valence-corrected chi connectivity index (χ1v) is 6.18. The van der Waals surface area contributed by atoms with E-state index in [1.807, 2.05) is 12.1 Å². The average molecular weight is 245 g/mol. The second-order valence-electron chi connectivity index (χ2n) is 3.82. The van der Waals surface area contributed by atoms with E-state index in [2.05, 4.69) is 59.3 Å². The van der Waals surface area contributed by atoms with Gasteiger partial charge in [-0.3, -0.25) is 0 Å². The van der Waals surface area contributed by atoms with Crippen LogP contribution in [-0.4, -0.2) is 22.5 Å². The average Bonchev–Trinajstić information content (AvgIpc) is 2.38. The van der Waals surface area contributed by atoms with Crippen LogP contribution in [0.25, 0.3) is 11.3 Å². The molecule has 0 amide bonds. The third-order valence-corrected chi connectivity index (χ3v) is 2.65. The van der Waals surface area contributed by atoms with Gasteiger partial charge in [-0.1, -0.05) is 29.8 Å². The molecule has 0 spiro atoms. The maximum Gasteiger partial charge on any atom is 0.148 e. The summed E-state index contributed by atoms with van der Waals surface area (Å²) in [6, 6.07) is 12.2. The molecule has 1 aromatic carbocycles. The summed E-state index contributed by atoms with van der Waals surface area (Å²) in [6.45, 7) is 2.86. The Bertz CT molecular complexity index is 465. The van der Waals surface area contributed by atoms with Gasteiger partial charge < -0.3 is 5.32 Å². The Kier molecular flexibility index (Phi) is 3.98. The van der Waals surface area contributed by atoms with Gasteiger partial charge in [-0.05, 0) is 19.1 Å². The van der Waals surface area contributed by atoms with Crippen LogP contribution < -0.4 is 5.32 Å². The third-order valence-electron chi connectivity index (χ3n) is 2.43. The van der Waals surface area contributed by atoms with Crippen LogP contribution in [0.2, 0.25) is 0 Å². The zero-order chi connectivity index (χ0) is 12.1. The van der Waals surface area contributed by atoms with Gasteiger partial charge >= 0.3 is 0 Å². The summed E-state index contributed by atoms with van der Waals surface area (Å²) in [5.74, 6) is 1.57. The van der Waals surface area contributed by atoms with Crippen LogP contribution in [0.5, 0.6) is 0 Å². The van der Waals surface area contributed by atoms with Gasteiger partial charge in [0.05, 0.1) is 5.69 Å². The van der Waals surface area contributed by atoms with Gasteiger partial charge in [0, 0.05) is 17.9 Å². The van der Waals surface area contributed by atoms with Crippen LogP contribution in [0.15, 0.2) is 36.4 Å². The molecule has 0 aliphatic carbocycles. The zero-order valence-corrected chi connectivity index (χ0v) is 10.6. The van der Waals surface area contributed by atoms with Gasteiger partial charge in [0.25, 0.3) is 0 Å². The standard InChI is InChI=1S/C13H15N3S/c1-10-2-4-11(5-3-10)12-6-7-13(16-15-12)14-8-9-17/h2-7,17H,8-9H2,1H3,(H,14,16). The minimum Gasteiger partial charge on any atom is -0.368 e. The van der Waals surface area contributed by atoms with Crippen molar-refractivity contribution in [1.29, 1.82) is 0 Å². The molecule has 0 unspecified atom stereocenters. The van der Waals surface area contributed by atoms with Crippen molar-refractivity contribution in [2.75, 3.05) is 17.6 Å². The molecule has 0 aliphatic rings. The summed E-state index contributed by atoms with van der Waals surface area (Å²) in [5, 5.41) is 11.4. The van der Waals surface area contributed by atoms with Crippen molar-refractivity contribution in [3.63, 3.8) is 0 Å². The van der Waals surface area contributed by atoms with Crippen molar-refractivity contribution in [2.24, 2.45) is 0 Å². The number of aromatic nitrogens is 2. The highest BCUT2D eigenvalue weighted by Crippen LogP contribution is 2.17. The van der Waals surface area contributed by atoms with Gasteiger partial charge in [-0.15, -0.1) is 10.2 Å². The number of aryl methyl sites for hydroxylation is 1. The minimum atomic E-state index is 0.779. The Morgan fingerprint density at radius 1 is 1.06 bits per heavy atom. The van der Waals surface area contributed by atoms with Crippen molar-refractivity contribution in [3.05, 3.63) is 42.0 Å². The molecule has 0 saturated heterocycles.